The van der Waals surface area contributed by atoms with Gasteiger partial charge in [-0.25, -0.2) is 4.99 Å². The summed E-state index contributed by atoms with van der Waals surface area (Å²) in [7, 11) is 3.27. The smallest absolute Gasteiger partial charge is 0.242 e. The quantitative estimate of drug-likeness (QED) is 0.348. The fourth-order valence-corrected chi connectivity index (χ4v) is 2.49. The Bertz CT molecular complexity index is 624. The Labute approximate surface area is 162 Å². The van der Waals surface area contributed by atoms with Gasteiger partial charge < -0.3 is 25.4 Å². The number of carbonyl (C=O) groups excluding carboxylic acids is 1. The molecule has 1 rings (SSSR count). The zero-order valence-corrected chi connectivity index (χ0v) is 17.4. The molecule has 0 aliphatic rings. The van der Waals surface area contributed by atoms with E-state index in [0.29, 0.717) is 5.96 Å². The molecule has 7 heteroatoms. The van der Waals surface area contributed by atoms with Crippen molar-refractivity contribution in [3.63, 3.8) is 0 Å². The molecular formula is C20H34N4O3. The second kappa shape index (κ2) is 11.3. The van der Waals surface area contributed by atoms with Crippen LogP contribution in [0.2, 0.25) is 0 Å². The molecule has 1 aromatic rings. The molecule has 7 nitrogen and oxygen atoms in total. The van der Waals surface area contributed by atoms with E-state index < -0.39 is 0 Å². The van der Waals surface area contributed by atoms with Gasteiger partial charge in [-0.05, 0) is 58.2 Å². The number of ether oxygens (including phenoxy) is 2. The Kier molecular flexibility index (Phi) is 9.47. The minimum absolute atomic E-state index is 0.0926. The summed E-state index contributed by atoms with van der Waals surface area (Å²) in [6.07, 6.45) is 1.82. The van der Waals surface area contributed by atoms with Crippen LogP contribution in [0.1, 0.15) is 39.7 Å². The van der Waals surface area contributed by atoms with E-state index in [4.69, 9.17) is 9.47 Å². The zero-order chi connectivity index (χ0) is 20.3. The number of hydrogen-bond donors (Lipinski definition) is 3. The third-order valence-corrected chi connectivity index (χ3v) is 3.62. The van der Waals surface area contributed by atoms with Crippen LogP contribution in [0.4, 0.5) is 0 Å². The Morgan fingerprint density at radius 3 is 2.41 bits per heavy atom. The monoisotopic (exact) mass is 378 g/mol. The highest BCUT2D eigenvalue weighted by atomic mass is 16.5. The van der Waals surface area contributed by atoms with Crippen LogP contribution < -0.4 is 25.4 Å². The lowest BCUT2D eigenvalue weighted by molar-refractivity contribution is -0.121. The van der Waals surface area contributed by atoms with E-state index in [2.05, 4.69) is 20.9 Å². The second-order valence-electron chi connectivity index (χ2n) is 7.21. The van der Waals surface area contributed by atoms with E-state index >= 15 is 0 Å². The van der Waals surface area contributed by atoms with Crippen molar-refractivity contribution in [2.75, 3.05) is 33.9 Å². The van der Waals surface area contributed by atoms with Gasteiger partial charge in [-0.1, -0.05) is 6.07 Å². The summed E-state index contributed by atoms with van der Waals surface area (Å²) >= 11 is 0. The first-order chi connectivity index (χ1) is 12.8. The summed E-state index contributed by atoms with van der Waals surface area (Å²) in [5, 5.41) is 9.32. The Morgan fingerprint density at radius 2 is 1.81 bits per heavy atom. The van der Waals surface area contributed by atoms with E-state index in [1.54, 1.807) is 14.2 Å². The molecule has 152 valence electrons. The number of guanidine groups is 1. The van der Waals surface area contributed by atoms with Crippen LogP contribution in [-0.4, -0.2) is 51.3 Å². The lowest BCUT2D eigenvalue weighted by Gasteiger charge is -2.20. The topological polar surface area (TPSA) is 84.0 Å². The van der Waals surface area contributed by atoms with Crippen LogP contribution >= 0.6 is 0 Å². The van der Waals surface area contributed by atoms with Gasteiger partial charge in [-0.2, -0.15) is 0 Å². The predicted molar refractivity (Wildman–Crippen MR) is 110 cm³/mol. The van der Waals surface area contributed by atoms with Gasteiger partial charge in [-0.15, -0.1) is 0 Å². The minimum Gasteiger partial charge on any atom is -0.493 e. The van der Waals surface area contributed by atoms with Crippen LogP contribution in [0, 0.1) is 0 Å². The summed E-state index contributed by atoms with van der Waals surface area (Å²) < 4.78 is 10.6. The minimum atomic E-state index is -0.252. The van der Waals surface area contributed by atoms with E-state index in [-0.39, 0.29) is 18.0 Å². The lowest BCUT2D eigenvalue weighted by atomic mass is 10.1. The van der Waals surface area contributed by atoms with Gasteiger partial charge in [0.25, 0.3) is 0 Å². The molecule has 27 heavy (non-hydrogen) atoms. The number of amides is 1. The highest BCUT2D eigenvalue weighted by Gasteiger charge is 2.13. The average molecular weight is 379 g/mol. The van der Waals surface area contributed by atoms with Crippen molar-refractivity contribution >= 4 is 11.9 Å². The van der Waals surface area contributed by atoms with Crippen molar-refractivity contribution in [1.82, 2.24) is 16.0 Å². The molecule has 0 bridgehead atoms. The first kappa shape index (κ1) is 22.6. The number of benzene rings is 1. The zero-order valence-electron chi connectivity index (χ0n) is 17.4. The number of aryl methyl sites for hydroxylation is 1. The molecule has 0 unspecified atom stereocenters. The van der Waals surface area contributed by atoms with Gasteiger partial charge >= 0.3 is 0 Å². The first-order valence-electron chi connectivity index (χ1n) is 9.33. The molecule has 0 fully saturated rings. The number of rotatable bonds is 9. The fraction of sp³-hybridized carbons (Fsp3) is 0.600. The Hall–Kier alpha value is -2.44. The van der Waals surface area contributed by atoms with Crippen molar-refractivity contribution in [1.29, 1.82) is 0 Å². The molecular weight excluding hydrogens is 344 g/mol. The largest absolute Gasteiger partial charge is 0.493 e. The number of methoxy groups -OCH3 is 2. The van der Waals surface area contributed by atoms with E-state index in [0.717, 1.165) is 37.4 Å². The summed E-state index contributed by atoms with van der Waals surface area (Å²) in [6, 6.07) is 5.95. The highest BCUT2D eigenvalue weighted by Crippen LogP contribution is 2.27. The first-order valence-corrected chi connectivity index (χ1v) is 9.33. The van der Waals surface area contributed by atoms with Crippen LogP contribution in [0.25, 0.3) is 0 Å². The molecule has 0 aliphatic carbocycles. The Morgan fingerprint density at radius 1 is 1.11 bits per heavy atom. The van der Waals surface area contributed by atoms with Crippen molar-refractivity contribution in [3.05, 3.63) is 23.8 Å². The molecule has 3 N–H and O–H groups in total. The number of aliphatic imine (C=N–C) groups is 1. The normalized spacial score (nSPS) is 11.7. The van der Waals surface area contributed by atoms with Crippen LogP contribution in [0.3, 0.4) is 0 Å². The Balaban J connectivity index is 2.48. The summed E-state index contributed by atoms with van der Waals surface area (Å²) in [5.41, 5.74) is 0.929. The van der Waals surface area contributed by atoms with E-state index in [1.807, 2.05) is 45.9 Å². The number of nitrogens with zero attached hydrogens (tertiary/aromatic N) is 1. The van der Waals surface area contributed by atoms with Crippen molar-refractivity contribution < 1.29 is 14.3 Å². The van der Waals surface area contributed by atoms with Gasteiger partial charge in [-0.3, -0.25) is 4.79 Å². The highest BCUT2D eigenvalue weighted by molar-refractivity contribution is 5.85. The molecule has 0 saturated carbocycles. The fourth-order valence-electron chi connectivity index (χ4n) is 2.49. The van der Waals surface area contributed by atoms with Crippen molar-refractivity contribution in [3.8, 4) is 11.5 Å². The predicted octanol–water partition coefficient (Wildman–Crippen LogP) is 2.11. The molecule has 0 heterocycles. The third-order valence-electron chi connectivity index (χ3n) is 3.62. The van der Waals surface area contributed by atoms with Gasteiger partial charge in [0.05, 0.1) is 14.2 Å². The number of nitrogens with one attached hydrogen (secondary N) is 3. The molecule has 0 radical (unpaired) electrons. The molecule has 0 aromatic heterocycles. The maximum atomic E-state index is 11.9. The SMILES string of the molecule is CCNC(=NCC(=O)NC(C)(C)C)NCCCc1ccc(OC)c(OC)c1. The van der Waals surface area contributed by atoms with Gasteiger partial charge in [0.2, 0.25) is 5.91 Å². The van der Waals surface area contributed by atoms with Crippen LogP contribution in [0.15, 0.2) is 23.2 Å². The molecule has 0 aliphatic heterocycles. The summed E-state index contributed by atoms with van der Waals surface area (Å²) in [5.74, 6) is 2.02. The van der Waals surface area contributed by atoms with E-state index in [9.17, 15) is 4.79 Å². The van der Waals surface area contributed by atoms with Gasteiger partial charge in [0.1, 0.15) is 6.54 Å². The standard InChI is InChI=1S/C20H34N4O3/c1-7-21-19(23-14-18(25)24-20(2,3)4)22-12-8-9-15-10-11-16(26-5)17(13-15)27-6/h10-11,13H,7-9,12,14H2,1-6H3,(H,24,25)(H2,21,22,23). The maximum absolute atomic E-state index is 11.9. The maximum Gasteiger partial charge on any atom is 0.242 e. The number of hydrogen-bond acceptors (Lipinski definition) is 4. The second-order valence-corrected chi connectivity index (χ2v) is 7.21. The van der Waals surface area contributed by atoms with Crippen LogP contribution in [-0.2, 0) is 11.2 Å². The number of carbonyl (C=O) groups is 1. The van der Waals surface area contributed by atoms with Gasteiger partial charge in [0, 0.05) is 18.6 Å². The van der Waals surface area contributed by atoms with Crippen LogP contribution in [0.5, 0.6) is 11.5 Å². The van der Waals surface area contributed by atoms with Gasteiger partial charge in [0.15, 0.2) is 17.5 Å². The molecule has 0 saturated heterocycles. The van der Waals surface area contributed by atoms with Crippen molar-refractivity contribution in [2.45, 2.75) is 46.1 Å². The lowest BCUT2D eigenvalue weighted by Crippen LogP contribution is -2.43. The van der Waals surface area contributed by atoms with Crippen molar-refractivity contribution in [2.24, 2.45) is 4.99 Å². The third kappa shape index (κ3) is 9.17. The molecule has 0 atom stereocenters. The average Bonchev–Trinajstić information content (AvgIpc) is 2.61. The molecule has 1 aromatic carbocycles. The van der Waals surface area contributed by atoms with E-state index in [1.165, 1.54) is 5.56 Å². The summed E-state index contributed by atoms with van der Waals surface area (Å²) in [6.45, 7) is 9.44. The summed E-state index contributed by atoms with van der Waals surface area (Å²) in [4.78, 5) is 16.2. The molecule has 0 spiro atoms. The molecule has 1 amide bonds.